The minimum atomic E-state index is -3.83. The number of hydrogen-bond donors (Lipinski definition) is 2. The Morgan fingerprint density at radius 1 is 1.34 bits per heavy atom. The van der Waals surface area contributed by atoms with Gasteiger partial charge in [-0.05, 0) is 43.9 Å². The maximum absolute atomic E-state index is 12.8. The SMILES string of the molecule is Cc1cnc(-c2ccc3c(=O)n(CC[C@@](C)(C(=O)NO)S(C)(=O)=O)ccc3c2)s1. The number of fused-ring (bicyclic) bond motifs is 1. The molecule has 1 amide bonds. The molecule has 0 aliphatic rings. The topological polar surface area (TPSA) is 118 Å². The summed E-state index contributed by atoms with van der Waals surface area (Å²) in [5.41, 5.74) is 2.03. The third kappa shape index (κ3) is 3.96. The zero-order chi connectivity index (χ0) is 21.4. The van der Waals surface area contributed by atoms with E-state index in [4.69, 9.17) is 5.21 Å². The number of pyridine rings is 1. The van der Waals surface area contributed by atoms with Crippen molar-refractivity contribution in [2.75, 3.05) is 6.26 Å². The van der Waals surface area contributed by atoms with Crippen molar-refractivity contribution in [3.05, 3.63) is 51.9 Å². The van der Waals surface area contributed by atoms with Crippen LogP contribution in [-0.4, -0.2) is 40.1 Å². The Labute approximate surface area is 171 Å². The highest BCUT2D eigenvalue weighted by Crippen LogP contribution is 2.27. The molecular formula is C19H21N3O5S2. The van der Waals surface area contributed by atoms with E-state index in [9.17, 15) is 18.0 Å². The number of aromatic nitrogens is 2. The first-order valence-corrected chi connectivity index (χ1v) is 11.5. The van der Waals surface area contributed by atoms with Gasteiger partial charge < -0.3 is 4.57 Å². The van der Waals surface area contributed by atoms with E-state index in [-0.39, 0.29) is 18.5 Å². The van der Waals surface area contributed by atoms with Gasteiger partial charge in [-0.25, -0.2) is 18.9 Å². The normalized spacial score (nSPS) is 13.9. The molecule has 2 aromatic heterocycles. The van der Waals surface area contributed by atoms with Gasteiger partial charge in [-0.1, -0.05) is 6.07 Å². The fourth-order valence-electron chi connectivity index (χ4n) is 3.00. The summed E-state index contributed by atoms with van der Waals surface area (Å²) in [6, 6.07) is 7.20. The minimum absolute atomic E-state index is 0.000804. The van der Waals surface area contributed by atoms with Crippen molar-refractivity contribution in [3.63, 3.8) is 0 Å². The quantitative estimate of drug-likeness (QED) is 0.452. The van der Waals surface area contributed by atoms with Crippen LogP contribution in [0.1, 0.15) is 18.2 Å². The highest BCUT2D eigenvalue weighted by Gasteiger charge is 2.43. The Kier molecular flexibility index (Phi) is 5.61. The predicted molar refractivity (Wildman–Crippen MR) is 112 cm³/mol. The molecule has 0 saturated carbocycles. The van der Waals surface area contributed by atoms with Crippen molar-refractivity contribution in [1.29, 1.82) is 0 Å². The van der Waals surface area contributed by atoms with E-state index in [1.165, 1.54) is 17.0 Å². The maximum Gasteiger partial charge on any atom is 0.264 e. The summed E-state index contributed by atoms with van der Waals surface area (Å²) in [4.78, 5) is 30.2. The van der Waals surface area contributed by atoms with Crippen molar-refractivity contribution < 1.29 is 18.4 Å². The van der Waals surface area contributed by atoms with Gasteiger partial charge in [-0.15, -0.1) is 11.3 Å². The second-order valence-corrected chi connectivity index (χ2v) is 10.8. The lowest BCUT2D eigenvalue weighted by molar-refractivity contribution is -0.131. The average molecular weight is 436 g/mol. The lowest BCUT2D eigenvalue weighted by Crippen LogP contribution is -2.49. The molecule has 0 fully saturated rings. The lowest BCUT2D eigenvalue weighted by Gasteiger charge is -2.25. The molecule has 29 heavy (non-hydrogen) atoms. The molecule has 0 spiro atoms. The van der Waals surface area contributed by atoms with Crippen LogP contribution in [0.3, 0.4) is 0 Å². The van der Waals surface area contributed by atoms with Crippen LogP contribution in [0.25, 0.3) is 21.3 Å². The van der Waals surface area contributed by atoms with Crippen LogP contribution in [-0.2, 0) is 21.2 Å². The molecule has 2 heterocycles. The molecule has 10 heteroatoms. The summed E-state index contributed by atoms with van der Waals surface area (Å²) in [5, 5.41) is 11.0. The Balaban J connectivity index is 1.94. The summed E-state index contributed by atoms with van der Waals surface area (Å²) in [6.45, 7) is 3.20. The Hall–Kier alpha value is -2.56. The third-order valence-corrected chi connectivity index (χ3v) is 8.06. The molecule has 1 atom stereocenters. The van der Waals surface area contributed by atoms with Crippen molar-refractivity contribution >= 4 is 37.9 Å². The number of nitrogens with one attached hydrogen (secondary N) is 1. The summed E-state index contributed by atoms with van der Waals surface area (Å²) in [5.74, 6) is -1.03. The Morgan fingerprint density at radius 2 is 2.07 bits per heavy atom. The average Bonchev–Trinajstić information content (AvgIpc) is 3.11. The number of rotatable bonds is 6. The molecule has 0 aliphatic carbocycles. The number of aryl methyl sites for hydroxylation is 2. The van der Waals surface area contributed by atoms with E-state index in [1.54, 1.807) is 35.9 Å². The van der Waals surface area contributed by atoms with Crippen molar-refractivity contribution in [1.82, 2.24) is 15.0 Å². The number of benzene rings is 1. The molecule has 2 N–H and O–H groups in total. The first kappa shape index (κ1) is 21.2. The number of sulfone groups is 1. The van der Waals surface area contributed by atoms with Gasteiger partial charge >= 0.3 is 0 Å². The lowest BCUT2D eigenvalue weighted by atomic mass is 10.1. The van der Waals surface area contributed by atoms with Gasteiger partial charge in [-0.3, -0.25) is 14.8 Å². The van der Waals surface area contributed by atoms with Crippen LogP contribution in [0.5, 0.6) is 0 Å². The minimum Gasteiger partial charge on any atom is -0.315 e. The summed E-state index contributed by atoms with van der Waals surface area (Å²) >= 11 is 1.57. The summed E-state index contributed by atoms with van der Waals surface area (Å²) < 4.78 is 23.7. The molecule has 154 valence electrons. The van der Waals surface area contributed by atoms with Crippen LogP contribution in [0.2, 0.25) is 0 Å². The summed E-state index contributed by atoms with van der Waals surface area (Å²) in [7, 11) is -3.83. The largest absolute Gasteiger partial charge is 0.315 e. The zero-order valence-electron chi connectivity index (χ0n) is 16.2. The van der Waals surface area contributed by atoms with Gasteiger partial charge in [0.1, 0.15) is 5.01 Å². The molecule has 0 bridgehead atoms. The molecule has 8 nitrogen and oxygen atoms in total. The monoisotopic (exact) mass is 435 g/mol. The first-order valence-electron chi connectivity index (χ1n) is 8.77. The zero-order valence-corrected chi connectivity index (χ0v) is 17.8. The number of carbonyl (C=O) groups is 1. The fraction of sp³-hybridized carbons (Fsp3) is 0.316. The Bertz CT molecular complexity index is 1250. The second-order valence-electron chi connectivity index (χ2n) is 7.09. The van der Waals surface area contributed by atoms with Crippen LogP contribution >= 0.6 is 11.3 Å². The van der Waals surface area contributed by atoms with Gasteiger partial charge in [0.25, 0.3) is 11.5 Å². The van der Waals surface area contributed by atoms with Gasteiger partial charge in [0.2, 0.25) is 0 Å². The number of thiazole rings is 1. The number of hydrogen-bond acceptors (Lipinski definition) is 7. The molecule has 0 saturated heterocycles. The molecule has 0 aliphatic heterocycles. The molecule has 0 unspecified atom stereocenters. The standard InChI is InChI=1S/C19H21N3O5S2/c1-12-11-20-16(28-12)14-4-5-15-13(10-14)6-8-22(17(15)23)9-7-19(2,18(24)21-25)29(3,26)27/h4-6,8,10-11,25H,7,9H2,1-3H3,(H,21,24)/t19-/m0/s1. The second kappa shape index (κ2) is 7.69. The number of amides is 1. The molecule has 1 aromatic carbocycles. The van der Waals surface area contributed by atoms with Crippen LogP contribution in [0.4, 0.5) is 0 Å². The van der Waals surface area contributed by atoms with E-state index in [1.807, 2.05) is 19.1 Å². The van der Waals surface area contributed by atoms with E-state index >= 15 is 0 Å². The van der Waals surface area contributed by atoms with Gasteiger partial charge in [0.15, 0.2) is 14.6 Å². The molecule has 3 aromatic rings. The maximum atomic E-state index is 12.8. The molecule has 0 radical (unpaired) electrons. The van der Waals surface area contributed by atoms with E-state index in [0.717, 1.165) is 27.1 Å². The smallest absolute Gasteiger partial charge is 0.264 e. The number of hydroxylamine groups is 1. The third-order valence-electron chi connectivity index (χ3n) is 5.08. The fourth-order valence-corrected chi connectivity index (χ4v) is 4.61. The van der Waals surface area contributed by atoms with Crippen molar-refractivity contribution in [2.24, 2.45) is 0 Å². The van der Waals surface area contributed by atoms with E-state index < -0.39 is 20.5 Å². The molecule has 3 rings (SSSR count). The number of nitrogens with zero attached hydrogens (tertiary/aromatic N) is 2. The van der Waals surface area contributed by atoms with Crippen LogP contribution < -0.4 is 11.0 Å². The van der Waals surface area contributed by atoms with Crippen LogP contribution in [0.15, 0.2) is 41.5 Å². The van der Waals surface area contributed by atoms with E-state index in [0.29, 0.717) is 5.39 Å². The predicted octanol–water partition coefficient (Wildman–Crippen LogP) is 2.13. The van der Waals surface area contributed by atoms with Gasteiger partial charge in [-0.2, -0.15) is 0 Å². The Morgan fingerprint density at radius 3 is 2.66 bits per heavy atom. The first-order chi connectivity index (χ1) is 13.6. The number of carbonyl (C=O) groups excluding carboxylic acids is 1. The molecular weight excluding hydrogens is 414 g/mol. The van der Waals surface area contributed by atoms with Gasteiger partial charge in [0, 0.05) is 41.0 Å². The van der Waals surface area contributed by atoms with Crippen LogP contribution in [0, 0.1) is 6.92 Å². The highest BCUT2D eigenvalue weighted by molar-refractivity contribution is 7.92. The highest BCUT2D eigenvalue weighted by atomic mass is 32.2. The van der Waals surface area contributed by atoms with Crippen molar-refractivity contribution in [2.45, 2.75) is 31.6 Å². The van der Waals surface area contributed by atoms with Gasteiger partial charge in [0.05, 0.1) is 0 Å². The van der Waals surface area contributed by atoms with Crippen molar-refractivity contribution in [3.8, 4) is 10.6 Å². The summed E-state index contributed by atoms with van der Waals surface area (Å²) in [6.07, 6.45) is 4.12. The van der Waals surface area contributed by atoms with E-state index in [2.05, 4.69) is 4.98 Å².